The Kier molecular flexibility index (Phi) is 10.6. The molecule has 0 spiro atoms. The van der Waals surface area contributed by atoms with Crippen molar-refractivity contribution in [3.05, 3.63) is 77.9 Å². The molecule has 1 heterocycles. The number of nitrogens with zero attached hydrogens (tertiary/aromatic N) is 1. The smallest absolute Gasteiger partial charge is 0.480 e. The number of nitrogens with two attached hydrogens (primary N) is 1. The van der Waals surface area contributed by atoms with Crippen LogP contribution in [0.5, 0.6) is 0 Å². The number of nitrogens with one attached hydrogen (secondary N) is 3. The van der Waals surface area contributed by atoms with Gasteiger partial charge in [-0.1, -0.05) is 65.8 Å². The van der Waals surface area contributed by atoms with Crippen LogP contribution in [0, 0.1) is 5.41 Å². The zero-order chi connectivity index (χ0) is 32.7. The molecule has 3 aromatic rings. The maximum atomic E-state index is 13.0. The van der Waals surface area contributed by atoms with E-state index in [2.05, 4.69) is 15.2 Å². The Hall–Kier alpha value is -5.03. The Labute approximate surface area is 248 Å². The van der Waals surface area contributed by atoms with Gasteiger partial charge in [0.25, 0.3) is 0 Å². The second kappa shape index (κ2) is 14.0. The first-order valence-corrected chi connectivity index (χ1v) is 14.0. The van der Waals surface area contributed by atoms with Gasteiger partial charge in [0.2, 0.25) is 15.9 Å². The molecule has 13 nitrogen and oxygen atoms in total. The van der Waals surface area contributed by atoms with Crippen molar-refractivity contribution < 1.29 is 51.0 Å². The summed E-state index contributed by atoms with van der Waals surface area (Å²) in [6.07, 6.45) is -5.39. The van der Waals surface area contributed by atoms with Crippen molar-refractivity contribution in [1.82, 2.24) is 10.0 Å². The van der Waals surface area contributed by atoms with Gasteiger partial charge in [-0.25, -0.2) is 13.2 Å². The molecule has 234 valence electrons. The molecule has 0 aliphatic carbocycles. The van der Waals surface area contributed by atoms with Crippen LogP contribution in [0.25, 0.3) is 10.8 Å². The quantitative estimate of drug-likeness (QED) is 0.141. The van der Waals surface area contributed by atoms with Crippen molar-refractivity contribution in [2.24, 2.45) is 10.9 Å². The Balaban J connectivity index is 0.000000676. The van der Waals surface area contributed by atoms with Crippen LogP contribution >= 0.6 is 0 Å². The summed E-state index contributed by atoms with van der Waals surface area (Å²) in [7, 11) is -4.19. The lowest BCUT2D eigenvalue weighted by Gasteiger charge is -2.17. The highest BCUT2D eigenvalue weighted by Gasteiger charge is 2.38. The molecule has 1 amide bonds. The minimum absolute atomic E-state index is 0.0511. The van der Waals surface area contributed by atoms with Gasteiger partial charge >= 0.3 is 18.1 Å². The van der Waals surface area contributed by atoms with Crippen molar-refractivity contribution in [3.8, 4) is 0 Å². The SMILES string of the molecule is N=C(N)c1ccc(C2=NOC(CC(=O)NC[C@H](NS(=O)(=O)c3cccc4ccccc34)C(=O)O)C2)cc1.O=C(O)C(F)(F)F. The Bertz CT molecular complexity index is 1690. The fourth-order valence-corrected chi connectivity index (χ4v) is 5.32. The van der Waals surface area contributed by atoms with Gasteiger partial charge in [0.15, 0.2) is 0 Å². The predicted molar refractivity (Wildman–Crippen MR) is 150 cm³/mol. The highest BCUT2D eigenvalue weighted by atomic mass is 32.2. The molecule has 0 saturated heterocycles. The summed E-state index contributed by atoms with van der Waals surface area (Å²) in [6, 6.07) is 16.9. The number of oxime groups is 1. The third kappa shape index (κ3) is 8.98. The van der Waals surface area contributed by atoms with E-state index in [0.29, 0.717) is 28.5 Å². The molecular weight excluding hydrogens is 611 g/mol. The first kappa shape index (κ1) is 33.5. The van der Waals surface area contributed by atoms with Gasteiger partial charge in [-0.05, 0) is 17.0 Å². The number of sulfonamides is 1. The number of rotatable bonds is 10. The number of nitrogen functional groups attached to an aromatic ring is 1. The van der Waals surface area contributed by atoms with E-state index < -0.39 is 52.7 Å². The van der Waals surface area contributed by atoms with Crippen LogP contribution < -0.4 is 15.8 Å². The second-order valence-corrected chi connectivity index (χ2v) is 10.9. The monoisotopic (exact) mass is 637 g/mol. The van der Waals surface area contributed by atoms with Crippen LogP contribution in [0.2, 0.25) is 0 Å². The molecule has 44 heavy (non-hydrogen) atoms. The molecule has 1 aliphatic heterocycles. The topological polar surface area (TPSA) is 221 Å². The summed E-state index contributed by atoms with van der Waals surface area (Å²) >= 11 is 0. The average molecular weight is 638 g/mol. The zero-order valence-corrected chi connectivity index (χ0v) is 23.4. The molecule has 0 radical (unpaired) electrons. The summed E-state index contributed by atoms with van der Waals surface area (Å²) in [5, 5.41) is 31.8. The fraction of sp³-hybridized carbons (Fsp3) is 0.222. The number of carbonyl (C=O) groups excluding carboxylic acids is 1. The average Bonchev–Trinajstić information content (AvgIpc) is 3.43. The molecule has 0 fully saturated rings. The third-order valence-corrected chi connectivity index (χ3v) is 7.59. The maximum absolute atomic E-state index is 13.0. The van der Waals surface area contributed by atoms with Crippen molar-refractivity contribution in [3.63, 3.8) is 0 Å². The van der Waals surface area contributed by atoms with Gasteiger partial charge in [-0.15, -0.1) is 0 Å². The molecule has 7 N–H and O–H groups in total. The number of alkyl halides is 3. The molecule has 0 bridgehead atoms. The van der Waals surface area contributed by atoms with Crippen LogP contribution in [0.1, 0.15) is 24.0 Å². The third-order valence-electron chi connectivity index (χ3n) is 6.06. The van der Waals surface area contributed by atoms with Crippen LogP contribution in [-0.4, -0.2) is 72.9 Å². The van der Waals surface area contributed by atoms with E-state index >= 15 is 0 Å². The molecule has 0 aromatic heterocycles. The largest absolute Gasteiger partial charge is 0.490 e. The summed E-state index contributed by atoms with van der Waals surface area (Å²) in [4.78, 5) is 38.4. The number of carbonyl (C=O) groups is 3. The van der Waals surface area contributed by atoms with Crippen molar-refractivity contribution in [2.75, 3.05) is 6.54 Å². The fourth-order valence-electron chi connectivity index (χ4n) is 3.91. The van der Waals surface area contributed by atoms with Gasteiger partial charge in [-0.3, -0.25) is 15.0 Å². The van der Waals surface area contributed by atoms with E-state index in [1.54, 1.807) is 60.7 Å². The standard InChI is InChI=1S/C25H25N5O6S.C2HF3O2/c26-24(27)17-10-8-16(9-11-17)20-12-18(36-29-20)13-23(31)28-14-21(25(32)33)30-37(34,35)22-7-3-5-15-4-1-2-6-19(15)22;3-2(4,5)1(6)7/h1-11,18,21,30H,12-14H2,(H3,26,27)(H,28,31)(H,32,33);(H,6,7)/t18?,21-;/m0./s1. The Morgan fingerprint density at radius 2 is 1.66 bits per heavy atom. The van der Waals surface area contributed by atoms with Crippen molar-refractivity contribution in [1.29, 1.82) is 5.41 Å². The molecule has 2 atom stereocenters. The normalized spacial score (nSPS) is 15.2. The molecule has 17 heteroatoms. The summed E-state index contributed by atoms with van der Waals surface area (Å²) < 4.78 is 59.9. The van der Waals surface area contributed by atoms with Gasteiger partial charge in [0, 0.05) is 23.9 Å². The van der Waals surface area contributed by atoms with Crippen LogP contribution in [-0.2, 0) is 29.2 Å². The number of carboxylic acids is 2. The van der Waals surface area contributed by atoms with E-state index in [-0.39, 0.29) is 17.2 Å². The van der Waals surface area contributed by atoms with Crippen LogP contribution in [0.4, 0.5) is 13.2 Å². The highest BCUT2D eigenvalue weighted by Crippen LogP contribution is 2.23. The highest BCUT2D eigenvalue weighted by molar-refractivity contribution is 7.89. The molecule has 1 unspecified atom stereocenters. The number of amidine groups is 1. The lowest BCUT2D eigenvalue weighted by molar-refractivity contribution is -0.192. The van der Waals surface area contributed by atoms with E-state index in [1.807, 2.05) is 0 Å². The number of hydrogen-bond donors (Lipinski definition) is 6. The zero-order valence-electron chi connectivity index (χ0n) is 22.5. The predicted octanol–water partition coefficient (Wildman–Crippen LogP) is 2.19. The number of fused-ring (bicyclic) bond motifs is 1. The number of benzene rings is 3. The van der Waals surface area contributed by atoms with Crippen LogP contribution in [0.15, 0.2) is 76.8 Å². The lowest BCUT2D eigenvalue weighted by atomic mass is 10.0. The van der Waals surface area contributed by atoms with Crippen molar-refractivity contribution >= 4 is 50.2 Å². The van der Waals surface area contributed by atoms with Gasteiger partial charge in [-0.2, -0.15) is 17.9 Å². The summed E-state index contributed by atoms with van der Waals surface area (Å²) in [6.45, 7) is -0.453. The minimum atomic E-state index is -5.08. The number of aliphatic carboxylic acids is 2. The van der Waals surface area contributed by atoms with E-state index in [9.17, 15) is 36.3 Å². The molecule has 0 saturated carbocycles. The van der Waals surface area contributed by atoms with Gasteiger partial charge in [0.05, 0.1) is 17.0 Å². The lowest BCUT2D eigenvalue weighted by Crippen LogP contribution is -2.48. The van der Waals surface area contributed by atoms with E-state index in [4.69, 9.17) is 25.9 Å². The number of halogens is 3. The Morgan fingerprint density at radius 3 is 2.25 bits per heavy atom. The minimum Gasteiger partial charge on any atom is -0.480 e. The first-order chi connectivity index (χ1) is 20.6. The molecule has 1 aliphatic rings. The number of amides is 1. The maximum Gasteiger partial charge on any atom is 0.490 e. The second-order valence-electron chi connectivity index (χ2n) is 9.26. The van der Waals surface area contributed by atoms with Gasteiger partial charge in [0.1, 0.15) is 18.0 Å². The molecular formula is C27H26F3N5O8S. The van der Waals surface area contributed by atoms with Crippen LogP contribution in [0.3, 0.4) is 0 Å². The summed E-state index contributed by atoms with van der Waals surface area (Å²) in [5.74, 6) is -4.75. The van der Waals surface area contributed by atoms with Crippen molar-refractivity contribution in [2.45, 2.75) is 36.1 Å². The van der Waals surface area contributed by atoms with E-state index in [0.717, 1.165) is 5.56 Å². The Morgan fingerprint density at radius 1 is 1.05 bits per heavy atom. The number of hydrogen-bond acceptors (Lipinski definition) is 8. The number of carboxylic acid groups (broad SMARTS) is 2. The summed E-state index contributed by atoms with van der Waals surface area (Å²) in [5.41, 5.74) is 7.42. The van der Waals surface area contributed by atoms with Gasteiger partial charge < -0.3 is 26.1 Å². The first-order valence-electron chi connectivity index (χ1n) is 12.6. The molecule has 3 aromatic carbocycles. The van der Waals surface area contributed by atoms with E-state index in [1.165, 1.54) is 6.07 Å². The molecule has 4 rings (SSSR count).